The second-order valence-corrected chi connectivity index (χ2v) is 6.72. The van der Waals surface area contributed by atoms with Gasteiger partial charge < -0.3 is 10.2 Å². The van der Waals surface area contributed by atoms with Crippen molar-refractivity contribution in [2.75, 3.05) is 19.6 Å². The predicted octanol–water partition coefficient (Wildman–Crippen LogP) is 3.50. The maximum atomic E-state index is 12.8. The molecular weight excluding hydrogens is 284 g/mol. The Hall–Kier alpha value is -1.06. The van der Waals surface area contributed by atoms with Crippen LogP contribution < -0.4 is 5.32 Å². The molecule has 0 saturated carbocycles. The fourth-order valence-corrected chi connectivity index (χ4v) is 3.20. The quantitative estimate of drug-likeness (QED) is 0.923. The third-order valence-corrected chi connectivity index (χ3v) is 4.25. The Balaban J connectivity index is 2.14. The Morgan fingerprint density at radius 1 is 1.43 bits per heavy atom. The molecule has 1 unspecified atom stereocenters. The van der Waals surface area contributed by atoms with E-state index in [9.17, 15) is 4.79 Å². The molecule has 1 atom stereocenters. The number of benzene rings is 1. The molecule has 0 bridgehead atoms. The number of carbonyl (C=O) groups excluding carboxylic acids is 1. The summed E-state index contributed by atoms with van der Waals surface area (Å²) in [5.41, 5.74) is 1.71. The van der Waals surface area contributed by atoms with Crippen molar-refractivity contribution in [3.8, 4) is 0 Å². The number of nitrogens with zero attached hydrogens (tertiary/aromatic N) is 1. The summed E-state index contributed by atoms with van der Waals surface area (Å²) in [5, 5.41) is 4.04. The number of piperidine rings is 1. The van der Waals surface area contributed by atoms with E-state index in [-0.39, 0.29) is 11.9 Å². The van der Waals surface area contributed by atoms with Gasteiger partial charge in [0.05, 0.1) is 0 Å². The number of amides is 1. The number of halogens is 1. The molecule has 116 valence electrons. The van der Waals surface area contributed by atoms with Crippen LogP contribution >= 0.6 is 11.6 Å². The summed E-state index contributed by atoms with van der Waals surface area (Å²) in [4.78, 5) is 14.8. The highest BCUT2D eigenvalue weighted by molar-refractivity contribution is 6.31. The largest absolute Gasteiger partial charge is 0.336 e. The standard InChI is InChI=1S/C17H25ClN2O/c1-12(2)20(11-14-5-4-6-19-10-14)17(21)15-7-13(3)8-16(18)9-15/h7-9,12,14,19H,4-6,10-11H2,1-3H3. The van der Waals surface area contributed by atoms with E-state index < -0.39 is 0 Å². The van der Waals surface area contributed by atoms with Crippen LogP contribution in [-0.4, -0.2) is 36.5 Å². The zero-order valence-corrected chi connectivity index (χ0v) is 13.9. The molecule has 1 fully saturated rings. The highest BCUT2D eigenvalue weighted by Crippen LogP contribution is 2.19. The van der Waals surface area contributed by atoms with Crippen molar-refractivity contribution in [2.24, 2.45) is 5.92 Å². The minimum absolute atomic E-state index is 0.0844. The van der Waals surface area contributed by atoms with Gasteiger partial charge in [-0.1, -0.05) is 11.6 Å². The molecule has 21 heavy (non-hydrogen) atoms. The SMILES string of the molecule is Cc1cc(Cl)cc(C(=O)N(CC2CCCNC2)C(C)C)c1. The van der Waals surface area contributed by atoms with Crippen LogP contribution in [-0.2, 0) is 0 Å². The second kappa shape index (κ2) is 7.28. The van der Waals surface area contributed by atoms with Gasteiger partial charge in [-0.05, 0) is 76.4 Å². The Labute approximate surface area is 132 Å². The van der Waals surface area contributed by atoms with Crippen LogP contribution in [0, 0.1) is 12.8 Å². The third kappa shape index (κ3) is 4.45. The van der Waals surface area contributed by atoms with E-state index >= 15 is 0 Å². The van der Waals surface area contributed by atoms with E-state index in [1.54, 1.807) is 6.07 Å². The van der Waals surface area contributed by atoms with E-state index in [0.29, 0.717) is 16.5 Å². The van der Waals surface area contributed by atoms with Crippen molar-refractivity contribution in [3.05, 3.63) is 34.3 Å². The van der Waals surface area contributed by atoms with Gasteiger partial charge in [0.15, 0.2) is 0 Å². The van der Waals surface area contributed by atoms with Crippen molar-refractivity contribution < 1.29 is 4.79 Å². The number of hydrogen-bond donors (Lipinski definition) is 1. The van der Waals surface area contributed by atoms with Crippen LogP contribution in [0.1, 0.15) is 42.6 Å². The fourth-order valence-electron chi connectivity index (χ4n) is 2.91. The van der Waals surface area contributed by atoms with Gasteiger partial charge in [0.1, 0.15) is 0 Å². The number of hydrogen-bond acceptors (Lipinski definition) is 2. The van der Waals surface area contributed by atoms with Crippen LogP contribution in [0.25, 0.3) is 0 Å². The molecule has 1 aliphatic heterocycles. The maximum absolute atomic E-state index is 12.8. The van der Waals surface area contributed by atoms with Gasteiger partial charge >= 0.3 is 0 Å². The van der Waals surface area contributed by atoms with E-state index in [1.807, 2.05) is 24.0 Å². The molecule has 0 aromatic heterocycles. The summed E-state index contributed by atoms with van der Waals surface area (Å²) in [5.74, 6) is 0.631. The molecule has 2 rings (SSSR count). The molecule has 3 nitrogen and oxygen atoms in total. The Morgan fingerprint density at radius 3 is 2.76 bits per heavy atom. The lowest BCUT2D eigenvalue weighted by atomic mass is 9.98. The predicted molar refractivity (Wildman–Crippen MR) is 88.0 cm³/mol. The highest BCUT2D eigenvalue weighted by atomic mass is 35.5. The van der Waals surface area contributed by atoms with Gasteiger partial charge in [0, 0.05) is 23.2 Å². The monoisotopic (exact) mass is 308 g/mol. The average Bonchev–Trinajstić information content (AvgIpc) is 2.44. The smallest absolute Gasteiger partial charge is 0.254 e. The lowest BCUT2D eigenvalue weighted by Crippen LogP contribution is -2.44. The third-order valence-electron chi connectivity index (χ3n) is 4.03. The minimum atomic E-state index is 0.0844. The number of nitrogens with one attached hydrogen (secondary N) is 1. The molecule has 1 N–H and O–H groups in total. The number of aryl methyl sites for hydroxylation is 1. The first-order valence-electron chi connectivity index (χ1n) is 7.76. The molecule has 1 aromatic carbocycles. The second-order valence-electron chi connectivity index (χ2n) is 6.28. The van der Waals surface area contributed by atoms with Gasteiger partial charge in [-0.25, -0.2) is 0 Å². The summed E-state index contributed by atoms with van der Waals surface area (Å²) in [6, 6.07) is 5.76. The van der Waals surface area contributed by atoms with Crippen LogP contribution in [0.3, 0.4) is 0 Å². The molecule has 1 amide bonds. The first-order chi connectivity index (χ1) is 9.97. The van der Waals surface area contributed by atoms with Crippen molar-refractivity contribution in [1.29, 1.82) is 0 Å². The van der Waals surface area contributed by atoms with Crippen LogP contribution in [0.15, 0.2) is 18.2 Å². The van der Waals surface area contributed by atoms with Gasteiger partial charge in [0.25, 0.3) is 5.91 Å². The molecule has 1 aromatic rings. The molecule has 0 spiro atoms. The normalized spacial score (nSPS) is 18.8. The highest BCUT2D eigenvalue weighted by Gasteiger charge is 2.24. The minimum Gasteiger partial charge on any atom is -0.336 e. The molecule has 0 aliphatic carbocycles. The van der Waals surface area contributed by atoms with Crippen LogP contribution in [0.4, 0.5) is 0 Å². The lowest BCUT2D eigenvalue weighted by Gasteiger charge is -2.33. The fraction of sp³-hybridized carbons (Fsp3) is 0.588. The topological polar surface area (TPSA) is 32.3 Å². The Morgan fingerprint density at radius 2 is 2.19 bits per heavy atom. The lowest BCUT2D eigenvalue weighted by molar-refractivity contribution is 0.0661. The van der Waals surface area contributed by atoms with Crippen LogP contribution in [0.5, 0.6) is 0 Å². The van der Waals surface area contributed by atoms with E-state index in [0.717, 1.165) is 25.2 Å². The van der Waals surface area contributed by atoms with Gasteiger partial charge in [0.2, 0.25) is 0 Å². The molecule has 1 aliphatic rings. The first kappa shape index (κ1) is 16.3. The summed E-state index contributed by atoms with van der Waals surface area (Å²) in [7, 11) is 0. The molecule has 1 saturated heterocycles. The summed E-state index contributed by atoms with van der Waals surface area (Å²) < 4.78 is 0. The molecule has 0 radical (unpaired) electrons. The maximum Gasteiger partial charge on any atom is 0.254 e. The van der Waals surface area contributed by atoms with Crippen molar-refractivity contribution in [1.82, 2.24) is 10.2 Å². The number of rotatable bonds is 4. The average molecular weight is 309 g/mol. The zero-order chi connectivity index (χ0) is 15.4. The molecule has 1 heterocycles. The zero-order valence-electron chi connectivity index (χ0n) is 13.2. The van der Waals surface area contributed by atoms with Gasteiger partial charge in [-0.3, -0.25) is 4.79 Å². The Kier molecular flexibility index (Phi) is 5.65. The van der Waals surface area contributed by atoms with E-state index in [2.05, 4.69) is 19.2 Å². The van der Waals surface area contributed by atoms with E-state index in [1.165, 1.54) is 12.8 Å². The summed E-state index contributed by atoms with van der Waals surface area (Å²) >= 11 is 6.09. The number of carbonyl (C=O) groups is 1. The van der Waals surface area contributed by atoms with Crippen LogP contribution in [0.2, 0.25) is 5.02 Å². The summed E-state index contributed by atoms with van der Waals surface area (Å²) in [6.07, 6.45) is 2.39. The molecule has 4 heteroatoms. The van der Waals surface area contributed by atoms with Gasteiger partial charge in [-0.2, -0.15) is 0 Å². The van der Waals surface area contributed by atoms with E-state index in [4.69, 9.17) is 11.6 Å². The van der Waals surface area contributed by atoms with Crippen molar-refractivity contribution >= 4 is 17.5 Å². The van der Waals surface area contributed by atoms with Crippen molar-refractivity contribution in [2.45, 2.75) is 39.7 Å². The van der Waals surface area contributed by atoms with Crippen molar-refractivity contribution in [3.63, 3.8) is 0 Å². The molecular formula is C17H25ClN2O. The van der Waals surface area contributed by atoms with Gasteiger partial charge in [-0.15, -0.1) is 0 Å². The summed E-state index contributed by atoms with van der Waals surface area (Å²) in [6.45, 7) is 9.03. The first-order valence-corrected chi connectivity index (χ1v) is 8.14. The Bertz CT molecular complexity index is 475.